The molecule has 4 aromatic rings. The first kappa shape index (κ1) is 20.6. The lowest BCUT2D eigenvalue weighted by molar-refractivity contribution is 0.478. The van der Waals surface area contributed by atoms with E-state index in [-0.39, 0.29) is 5.50 Å². The van der Waals surface area contributed by atoms with E-state index in [0.29, 0.717) is 11.6 Å². The zero-order valence-corrected chi connectivity index (χ0v) is 18.5. The molecule has 1 aliphatic heterocycles. The van der Waals surface area contributed by atoms with E-state index >= 15 is 0 Å². The Morgan fingerprint density at radius 2 is 1.72 bits per heavy atom. The van der Waals surface area contributed by atoms with Crippen molar-refractivity contribution in [3.63, 3.8) is 0 Å². The lowest BCUT2D eigenvalue weighted by Crippen LogP contribution is -2.35. The van der Waals surface area contributed by atoms with Gasteiger partial charge in [0.25, 0.3) is 0 Å². The Morgan fingerprint density at radius 1 is 0.906 bits per heavy atom. The molecule has 0 saturated carbocycles. The number of ether oxygens (including phenoxy) is 1. The first-order valence-electron chi connectivity index (χ1n) is 9.90. The van der Waals surface area contributed by atoms with Crippen LogP contribution in [0.4, 0.5) is 5.82 Å². The van der Waals surface area contributed by atoms with Gasteiger partial charge < -0.3 is 10.5 Å². The maximum Gasteiger partial charge on any atom is 0.178 e. The van der Waals surface area contributed by atoms with Crippen molar-refractivity contribution in [1.82, 2.24) is 15.0 Å². The summed E-state index contributed by atoms with van der Waals surface area (Å²) < 4.78 is 6.29. The number of benzene rings is 1. The Labute approximate surface area is 194 Å². The summed E-state index contributed by atoms with van der Waals surface area (Å²) >= 11 is 3.12. The minimum Gasteiger partial charge on any atom is -0.453 e. The van der Waals surface area contributed by atoms with Crippen LogP contribution in [0.2, 0.25) is 0 Å². The van der Waals surface area contributed by atoms with Gasteiger partial charge in [-0.2, -0.15) is 0 Å². The van der Waals surface area contributed by atoms with E-state index in [1.165, 1.54) is 11.8 Å². The van der Waals surface area contributed by atoms with Gasteiger partial charge in [-0.3, -0.25) is 14.9 Å². The number of nitrogens with two attached hydrogens (primary N) is 1. The van der Waals surface area contributed by atoms with Gasteiger partial charge in [0.1, 0.15) is 11.2 Å². The number of anilines is 1. The van der Waals surface area contributed by atoms with Crippen LogP contribution in [0.1, 0.15) is 5.69 Å². The van der Waals surface area contributed by atoms with Crippen molar-refractivity contribution < 1.29 is 4.74 Å². The normalized spacial score (nSPS) is 15.5. The molecule has 1 aliphatic rings. The molecule has 32 heavy (non-hydrogen) atoms. The molecule has 1 unspecified atom stereocenters. The van der Waals surface area contributed by atoms with Crippen molar-refractivity contribution in [2.75, 3.05) is 4.90 Å². The van der Waals surface area contributed by atoms with E-state index in [9.17, 15) is 0 Å². The van der Waals surface area contributed by atoms with Crippen LogP contribution >= 0.6 is 23.5 Å². The SMILES string of the molecule is NC1SC=C(c2ccccn2)N1c1ncc(Sc2ccncc2)cc1Oc1ccccc1. The molecule has 0 saturated heterocycles. The molecule has 0 aliphatic carbocycles. The Bertz CT molecular complexity index is 1220. The lowest BCUT2D eigenvalue weighted by atomic mass is 10.2. The summed E-state index contributed by atoms with van der Waals surface area (Å²) in [5.74, 6) is 1.99. The maximum atomic E-state index is 6.46. The number of hydrogen-bond donors (Lipinski definition) is 1. The Kier molecular flexibility index (Phi) is 6.06. The average molecular weight is 458 g/mol. The smallest absolute Gasteiger partial charge is 0.178 e. The molecule has 0 amide bonds. The molecule has 8 heteroatoms. The first-order chi connectivity index (χ1) is 15.8. The quantitative estimate of drug-likeness (QED) is 0.400. The van der Waals surface area contributed by atoms with Crippen molar-refractivity contribution in [3.05, 3.63) is 103 Å². The van der Waals surface area contributed by atoms with Gasteiger partial charge in [-0.05, 0) is 36.4 Å². The number of pyridine rings is 3. The van der Waals surface area contributed by atoms with Gasteiger partial charge in [-0.15, -0.1) is 0 Å². The Hall–Kier alpha value is -3.33. The minimum atomic E-state index is -0.337. The van der Waals surface area contributed by atoms with Crippen molar-refractivity contribution in [3.8, 4) is 11.5 Å². The third kappa shape index (κ3) is 4.47. The molecule has 0 bridgehead atoms. The number of nitrogens with zero attached hydrogens (tertiary/aromatic N) is 4. The highest BCUT2D eigenvalue weighted by molar-refractivity contribution is 8.03. The Balaban J connectivity index is 1.55. The number of hydrogen-bond acceptors (Lipinski definition) is 8. The molecule has 0 radical (unpaired) electrons. The summed E-state index contributed by atoms with van der Waals surface area (Å²) in [5, 5.41) is 2.01. The van der Waals surface area contributed by atoms with Gasteiger partial charge in [0.15, 0.2) is 11.6 Å². The first-order valence-corrected chi connectivity index (χ1v) is 11.7. The van der Waals surface area contributed by atoms with E-state index in [0.717, 1.165) is 26.9 Å². The van der Waals surface area contributed by atoms with Crippen LogP contribution in [0.3, 0.4) is 0 Å². The van der Waals surface area contributed by atoms with E-state index < -0.39 is 0 Å². The summed E-state index contributed by atoms with van der Waals surface area (Å²) in [6.45, 7) is 0. The predicted molar refractivity (Wildman–Crippen MR) is 129 cm³/mol. The Morgan fingerprint density at radius 3 is 2.50 bits per heavy atom. The van der Waals surface area contributed by atoms with E-state index in [1.54, 1.807) is 30.4 Å². The zero-order valence-electron chi connectivity index (χ0n) is 16.9. The summed E-state index contributed by atoms with van der Waals surface area (Å²) in [7, 11) is 0. The van der Waals surface area contributed by atoms with Crippen molar-refractivity contribution in [2.45, 2.75) is 15.3 Å². The third-order valence-corrected chi connectivity index (χ3v) is 6.47. The summed E-state index contributed by atoms with van der Waals surface area (Å²) in [4.78, 5) is 17.4. The van der Waals surface area contributed by atoms with Gasteiger partial charge in [0.05, 0.1) is 11.4 Å². The molecule has 0 spiro atoms. The maximum absolute atomic E-state index is 6.46. The van der Waals surface area contributed by atoms with E-state index in [1.807, 2.05) is 83.2 Å². The van der Waals surface area contributed by atoms with Crippen molar-refractivity contribution in [1.29, 1.82) is 0 Å². The van der Waals surface area contributed by atoms with Crippen molar-refractivity contribution in [2.24, 2.45) is 5.73 Å². The number of rotatable bonds is 6. The van der Waals surface area contributed by atoms with Crippen LogP contribution in [0.25, 0.3) is 5.70 Å². The second-order valence-corrected chi connectivity index (χ2v) is 8.95. The third-order valence-electron chi connectivity index (χ3n) is 4.65. The summed E-state index contributed by atoms with van der Waals surface area (Å²) in [6, 6.07) is 21.4. The average Bonchev–Trinajstić information content (AvgIpc) is 3.22. The zero-order chi connectivity index (χ0) is 21.8. The fourth-order valence-corrected chi connectivity index (χ4v) is 4.85. The van der Waals surface area contributed by atoms with Crippen LogP contribution in [0.5, 0.6) is 11.5 Å². The monoisotopic (exact) mass is 457 g/mol. The molecule has 1 atom stereocenters. The van der Waals surface area contributed by atoms with Crippen LogP contribution < -0.4 is 15.4 Å². The minimum absolute atomic E-state index is 0.337. The second kappa shape index (κ2) is 9.44. The van der Waals surface area contributed by atoms with Gasteiger partial charge in [0.2, 0.25) is 0 Å². The molecular weight excluding hydrogens is 438 g/mol. The van der Waals surface area contributed by atoms with E-state index in [4.69, 9.17) is 15.5 Å². The molecule has 6 nitrogen and oxygen atoms in total. The van der Waals surface area contributed by atoms with Crippen molar-refractivity contribution >= 4 is 35.0 Å². The topological polar surface area (TPSA) is 77.2 Å². The standard InChI is InChI=1S/C24H19N5OS2/c25-24-29(21(16-31-24)20-8-4-5-11-27-20)23-22(30-17-6-2-1-3-7-17)14-19(15-28-23)32-18-9-12-26-13-10-18/h1-16,24H,25H2. The van der Waals surface area contributed by atoms with E-state index in [2.05, 4.69) is 9.97 Å². The van der Waals surface area contributed by atoms with Gasteiger partial charge in [-0.1, -0.05) is 47.8 Å². The molecule has 1 aromatic carbocycles. The molecule has 158 valence electrons. The molecule has 4 heterocycles. The fraction of sp³-hybridized carbons (Fsp3) is 0.0417. The van der Waals surface area contributed by atoms with Crippen LogP contribution in [0.15, 0.2) is 107 Å². The highest BCUT2D eigenvalue weighted by atomic mass is 32.2. The largest absolute Gasteiger partial charge is 0.453 e. The highest BCUT2D eigenvalue weighted by Gasteiger charge is 2.31. The number of aromatic nitrogens is 3. The second-order valence-electron chi connectivity index (χ2n) is 6.81. The molecule has 0 fully saturated rings. The van der Waals surface area contributed by atoms with Gasteiger partial charge >= 0.3 is 0 Å². The highest BCUT2D eigenvalue weighted by Crippen LogP contribution is 2.43. The van der Waals surface area contributed by atoms with Crippen LogP contribution in [-0.2, 0) is 0 Å². The molecular formula is C24H19N5OS2. The predicted octanol–water partition coefficient (Wildman–Crippen LogP) is 5.61. The van der Waals surface area contributed by atoms with Gasteiger partial charge in [-0.25, -0.2) is 4.98 Å². The summed E-state index contributed by atoms with van der Waals surface area (Å²) in [5.41, 5.74) is 7.85. The molecule has 3 aromatic heterocycles. The van der Waals surface area contributed by atoms with Gasteiger partial charge in [0, 0.05) is 46.1 Å². The lowest BCUT2D eigenvalue weighted by Gasteiger charge is -2.27. The molecule has 2 N–H and O–H groups in total. The number of para-hydroxylation sites is 1. The van der Waals surface area contributed by atoms with Crippen LogP contribution in [-0.4, -0.2) is 20.4 Å². The fourth-order valence-electron chi connectivity index (χ4n) is 3.21. The van der Waals surface area contributed by atoms with Crippen LogP contribution in [0, 0.1) is 0 Å². The molecule has 5 rings (SSSR count). The summed E-state index contributed by atoms with van der Waals surface area (Å²) in [6.07, 6.45) is 7.15. The number of thioether (sulfide) groups is 1.